The van der Waals surface area contributed by atoms with E-state index in [1.165, 1.54) is 0 Å². The highest BCUT2D eigenvalue weighted by atomic mass is 32.3. The zero-order chi connectivity index (χ0) is 12.7. The van der Waals surface area contributed by atoms with Crippen molar-refractivity contribution in [2.24, 2.45) is 5.73 Å². The largest absolute Gasteiger partial charge is 0.397 e. The molecule has 0 aromatic carbocycles. The summed E-state index contributed by atoms with van der Waals surface area (Å²) < 4.78 is 59.6. The third-order valence-corrected chi connectivity index (χ3v) is 3.47. The van der Waals surface area contributed by atoms with Crippen LogP contribution in [0.3, 0.4) is 0 Å². The fourth-order valence-corrected chi connectivity index (χ4v) is 2.05. The summed E-state index contributed by atoms with van der Waals surface area (Å²) in [7, 11) is -8.04. The molecule has 10 heteroatoms. The van der Waals surface area contributed by atoms with Crippen molar-refractivity contribution in [2.75, 3.05) is 37.9 Å². The minimum absolute atomic E-state index is 0.00852. The lowest BCUT2D eigenvalue weighted by Crippen LogP contribution is -2.21. The Morgan fingerprint density at radius 2 is 1.56 bits per heavy atom. The molecular weight excluding hydrogens is 262 g/mol. The van der Waals surface area contributed by atoms with Crippen LogP contribution in [-0.2, 0) is 29.2 Å². The number of sulfone groups is 1. The highest BCUT2D eigenvalue weighted by Crippen LogP contribution is 1.94. The molecule has 0 bridgehead atoms. The van der Waals surface area contributed by atoms with Gasteiger partial charge in [0.15, 0.2) is 9.84 Å². The molecule has 0 aliphatic carbocycles. The van der Waals surface area contributed by atoms with E-state index >= 15 is 0 Å². The first-order chi connectivity index (χ1) is 7.27. The average molecular weight is 277 g/mol. The van der Waals surface area contributed by atoms with Crippen molar-refractivity contribution < 1.29 is 30.3 Å². The molecule has 0 unspecified atom stereocenters. The van der Waals surface area contributed by atoms with Crippen molar-refractivity contribution in [3.8, 4) is 0 Å². The van der Waals surface area contributed by atoms with Crippen molar-refractivity contribution in [1.29, 1.82) is 0 Å². The zero-order valence-corrected chi connectivity index (χ0v) is 10.2. The van der Waals surface area contributed by atoms with E-state index in [9.17, 15) is 16.8 Å². The predicted molar refractivity (Wildman–Crippen MR) is 56.0 cm³/mol. The Bertz CT molecular complexity index is 374. The number of nitrogens with two attached hydrogens (primary N) is 1. The first-order valence-corrected chi connectivity index (χ1v) is 7.55. The Labute approximate surface area is 94.6 Å². The summed E-state index contributed by atoms with van der Waals surface area (Å²) in [5.41, 5.74) is 5.12. The van der Waals surface area contributed by atoms with Gasteiger partial charge in [-0.1, -0.05) is 0 Å². The van der Waals surface area contributed by atoms with E-state index in [1.54, 1.807) is 0 Å². The minimum atomic E-state index is -4.59. The van der Waals surface area contributed by atoms with Crippen LogP contribution in [0.25, 0.3) is 0 Å². The molecular formula is C6H15NO7S2. The molecule has 0 rings (SSSR count). The standard InChI is InChI=1S/C6H15NO7S2/c7-1-2-13-3-5-15(8,9)6-4-14-16(10,11)12/h1-7H2,(H,10,11,12). The summed E-state index contributed by atoms with van der Waals surface area (Å²) in [6.07, 6.45) is 0. The monoisotopic (exact) mass is 277 g/mol. The highest BCUT2D eigenvalue weighted by Gasteiger charge is 2.13. The van der Waals surface area contributed by atoms with Crippen molar-refractivity contribution >= 4 is 20.2 Å². The summed E-state index contributed by atoms with van der Waals surface area (Å²) in [5, 5.41) is 0. The molecule has 0 spiro atoms. The molecule has 0 saturated heterocycles. The molecule has 0 heterocycles. The summed E-state index contributed by atoms with van der Waals surface area (Å²) in [4.78, 5) is 0. The van der Waals surface area contributed by atoms with E-state index in [4.69, 9.17) is 15.0 Å². The van der Waals surface area contributed by atoms with Crippen LogP contribution in [0.5, 0.6) is 0 Å². The Balaban J connectivity index is 3.80. The third kappa shape index (κ3) is 10.3. The van der Waals surface area contributed by atoms with Gasteiger partial charge in [-0.05, 0) is 0 Å². The number of ether oxygens (including phenoxy) is 1. The lowest BCUT2D eigenvalue weighted by atomic mass is 10.7. The molecule has 0 fully saturated rings. The van der Waals surface area contributed by atoms with Gasteiger partial charge in [0.2, 0.25) is 0 Å². The maximum Gasteiger partial charge on any atom is 0.397 e. The Morgan fingerprint density at radius 3 is 2.06 bits per heavy atom. The smallest absolute Gasteiger partial charge is 0.379 e. The van der Waals surface area contributed by atoms with Crippen molar-refractivity contribution in [3.05, 3.63) is 0 Å². The number of hydrogen-bond donors (Lipinski definition) is 2. The molecule has 0 radical (unpaired) electrons. The van der Waals surface area contributed by atoms with E-state index in [1.807, 2.05) is 0 Å². The fourth-order valence-electron chi connectivity index (χ4n) is 0.740. The first kappa shape index (κ1) is 15.7. The van der Waals surface area contributed by atoms with Gasteiger partial charge in [0.1, 0.15) is 0 Å². The van der Waals surface area contributed by atoms with E-state index < -0.39 is 32.6 Å². The normalized spacial score (nSPS) is 12.9. The third-order valence-electron chi connectivity index (χ3n) is 1.43. The van der Waals surface area contributed by atoms with Crippen LogP contribution in [0.15, 0.2) is 0 Å². The minimum Gasteiger partial charge on any atom is -0.379 e. The van der Waals surface area contributed by atoms with Crippen molar-refractivity contribution in [3.63, 3.8) is 0 Å². The van der Waals surface area contributed by atoms with Crippen molar-refractivity contribution in [2.45, 2.75) is 0 Å². The summed E-state index contributed by atoms with van der Waals surface area (Å²) in [5.74, 6) is -0.749. The van der Waals surface area contributed by atoms with Crippen molar-refractivity contribution in [1.82, 2.24) is 0 Å². The molecule has 3 N–H and O–H groups in total. The van der Waals surface area contributed by atoms with Gasteiger partial charge in [-0.15, -0.1) is 0 Å². The molecule has 16 heavy (non-hydrogen) atoms. The van der Waals surface area contributed by atoms with E-state index in [0.717, 1.165) is 0 Å². The summed E-state index contributed by atoms with van der Waals surface area (Å²) in [6, 6.07) is 0. The van der Waals surface area contributed by atoms with Gasteiger partial charge in [-0.25, -0.2) is 12.6 Å². The molecule has 0 aliphatic heterocycles. The lowest BCUT2D eigenvalue weighted by molar-refractivity contribution is 0.157. The molecule has 0 aromatic heterocycles. The Hall–Kier alpha value is -0.260. The van der Waals surface area contributed by atoms with Gasteiger partial charge in [0.25, 0.3) is 0 Å². The van der Waals surface area contributed by atoms with Crippen LogP contribution in [-0.4, -0.2) is 59.3 Å². The molecule has 0 atom stereocenters. The molecule has 98 valence electrons. The van der Waals surface area contributed by atoms with E-state index in [-0.39, 0.29) is 19.0 Å². The van der Waals surface area contributed by atoms with Gasteiger partial charge in [-0.3, -0.25) is 4.55 Å². The van der Waals surface area contributed by atoms with Gasteiger partial charge >= 0.3 is 10.4 Å². The second-order valence-corrected chi connectivity index (χ2v) is 6.20. The van der Waals surface area contributed by atoms with Gasteiger partial charge in [0.05, 0.1) is 31.3 Å². The SMILES string of the molecule is NCCOCCS(=O)(=O)CCOS(=O)(=O)O. The Kier molecular flexibility index (Phi) is 7.03. The predicted octanol–water partition coefficient (Wildman–Crippen LogP) is -1.80. The van der Waals surface area contributed by atoms with Crippen LogP contribution in [0.4, 0.5) is 0 Å². The van der Waals surface area contributed by atoms with E-state index in [2.05, 4.69) is 4.18 Å². The second-order valence-electron chi connectivity index (χ2n) is 2.80. The lowest BCUT2D eigenvalue weighted by Gasteiger charge is -2.04. The van der Waals surface area contributed by atoms with Gasteiger partial charge < -0.3 is 10.5 Å². The zero-order valence-electron chi connectivity index (χ0n) is 8.53. The van der Waals surface area contributed by atoms with Crippen LogP contribution in [0.1, 0.15) is 0 Å². The van der Waals surface area contributed by atoms with Gasteiger partial charge in [-0.2, -0.15) is 8.42 Å². The maximum absolute atomic E-state index is 11.2. The molecule has 8 nitrogen and oxygen atoms in total. The molecule has 0 aromatic rings. The maximum atomic E-state index is 11.2. The molecule has 0 aliphatic rings. The quantitative estimate of drug-likeness (QED) is 0.372. The first-order valence-electron chi connectivity index (χ1n) is 4.37. The average Bonchev–Trinajstić information content (AvgIpc) is 2.10. The topological polar surface area (TPSA) is 133 Å². The van der Waals surface area contributed by atoms with E-state index in [0.29, 0.717) is 6.54 Å². The molecule has 0 amide bonds. The number of rotatable bonds is 9. The molecule has 0 saturated carbocycles. The van der Waals surface area contributed by atoms with Gasteiger partial charge in [0, 0.05) is 6.54 Å². The summed E-state index contributed by atoms with van der Waals surface area (Å²) in [6.45, 7) is -0.0631. The number of hydrogen-bond acceptors (Lipinski definition) is 7. The van der Waals surface area contributed by atoms with Crippen LogP contribution < -0.4 is 5.73 Å². The second kappa shape index (κ2) is 7.14. The van der Waals surface area contributed by atoms with Crippen LogP contribution in [0, 0.1) is 0 Å². The summed E-state index contributed by atoms with van der Waals surface area (Å²) >= 11 is 0. The highest BCUT2D eigenvalue weighted by molar-refractivity contribution is 7.91. The van der Waals surface area contributed by atoms with Crippen LogP contribution >= 0.6 is 0 Å². The fraction of sp³-hybridized carbons (Fsp3) is 1.00. The Morgan fingerprint density at radius 1 is 1.00 bits per heavy atom. The van der Waals surface area contributed by atoms with Crippen LogP contribution in [0.2, 0.25) is 0 Å².